The SMILES string of the molecule is FC(F)(F)C(F)(F)C(F)(F)C(F)(F)C(F)(F)C1(F)OC(F)(Cl)C(F)(Cl)O1. The molecule has 2 atom stereocenters. The molecule has 0 aromatic carbocycles. The van der Waals surface area contributed by atoms with E-state index in [1.54, 1.807) is 0 Å². The van der Waals surface area contributed by atoms with Crippen LogP contribution in [0.4, 0.5) is 61.5 Å². The second-order valence-electron chi connectivity index (χ2n) is 4.57. The van der Waals surface area contributed by atoms with Gasteiger partial charge in [0.05, 0.1) is 0 Å². The summed E-state index contributed by atoms with van der Waals surface area (Å²) in [5.41, 5.74) is 0. The zero-order valence-corrected chi connectivity index (χ0v) is 12.4. The van der Waals surface area contributed by atoms with E-state index in [-0.39, 0.29) is 0 Å². The summed E-state index contributed by atoms with van der Waals surface area (Å²) < 4.78 is 185. The zero-order valence-electron chi connectivity index (χ0n) is 10.9. The topological polar surface area (TPSA) is 18.5 Å². The van der Waals surface area contributed by atoms with Crippen molar-refractivity contribution in [1.29, 1.82) is 0 Å². The van der Waals surface area contributed by atoms with E-state index < -0.39 is 46.5 Å². The molecule has 0 radical (unpaired) electrons. The Labute approximate surface area is 141 Å². The third kappa shape index (κ3) is 2.78. The predicted octanol–water partition coefficient (Wildman–Crippen LogP) is 5.48. The quantitative estimate of drug-likeness (QED) is 0.405. The summed E-state index contributed by atoms with van der Waals surface area (Å²) in [6, 6.07) is -6.44. The highest BCUT2D eigenvalue weighted by Gasteiger charge is 2.93. The number of hydrogen-bond donors (Lipinski definition) is 0. The lowest BCUT2D eigenvalue weighted by Gasteiger charge is -2.39. The van der Waals surface area contributed by atoms with E-state index in [0.29, 0.717) is 0 Å². The Kier molecular flexibility index (Phi) is 5.01. The van der Waals surface area contributed by atoms with Gasteiger partial charge in [-0.15, -0.1) is 0 Å². The molecular formula is C8Cl2F14O2. The first-order valence-corrected chi connectivity index (χ1v) is 6.10. The molecule has 1 saturated heterocycles. The number of hydrogen-bond acceptors (Lipinski definition) is 2. The summed E-state index contributed by atoms with van der Waals surface area (Å²) >= 11 is 8.44. The van der Waals surface area contributed by atoms with E-state index in [9.17, 15) is 61.5 Å². The van der Waals surface area contributed by atoms with Crippen molar-refractivity contribution >= 4 is 23.2 Å². The summed E-state index contributed by atoms with van der Waals surface area (Å²) in [7, 11) is 0. The Bertz CT molecular complexity index is 554. The lowest BCUT2D eigenvalue weighted by Crippen LogP contribution is -2.71. The first-order valence-electron chi connectivity index (χ1n) is 5.34. The lowest BCUT2D eigenvalue weighted by atomic mass is 9.97. The van der Waals surface area contributed by atoms with Gasteiger partial charge in [0.1, 0.15) is 0 Å². The van der Waals surface area contributed by atoms with Crippen molar-refractivity contribution in [3.05, 3.63) is 0 Å². The molecule has 0 saturated carbocycles. The van der Waals surface area contributed by atoms with Gasteiger partial charge < -0.3 is 0 Å². The minimum atomic E-state index is -8.08. The first kappa shape index (κ1) is 23.6. The van der Waals surface area contributed by atoms with E-state index in [4.69, 9.17) is 0 Å². The summed E-state index contributed by atoms with van der Waals surface area (Å²) in [6.07, 6.45) is -7.54. The third-order valence-electron chi connectivity index (χ3n) is 2.77. The molecule has 2 nitrogen and oxygen atoms in total. The van der Waals surface area contributed by atoms with E-state index in [0.717, 1.165) is 0 Å². The minimum Gasteiger partial charge on any atom is -0.262 e. The van der Waals surface area contributed by atoms with Crippen LogP contribution in [0, 0.1) is 0 Å². The summed E-state index contributed by atoms with van der Waals surface area (Å²) in [6.45, 7) is 0. The maximum absolute atomic E-state index is 13.6. The lowest BCUT2D eigenvalue weighted by molar-refractivity contribution is -0.477. The molecule has 0 spiro atoms. The Morgan fingerprint density at radius 1 is 0.538 bits per heavy atom. The maximum atomic E-state index is 13.6. The van der Waals surface area contributed by atoms with Crippen molar-refractivity contribution in [3.63, 3.8) is 0 Å². The van der Waals surface area contributed by atoms with E-state index in [1.165, 1.54) is 0 Å². The highest BCUT2D eigenvalue weighted by atomic mass is 35.5. The normalized spacial score (nSPS) is 35.1. The average Bonchev–Trinajstić information content (AvgIpc) is 2.51. The van der Waals surface area contributed by atoms with E-state index >= 15 is 0 Å². The standard InChI is InChI=1S/C8Cl2F14O2/c9-5(19)6(10,20)26-8(24,25-5)4(17,18)2(13,14)1(11,12)3(15,16)7(21,22)23. The van der Waals surface area contributed by atoms with Crippen molar-refractivity contribution in [2.75, 3.05) is 0 Å². The Balaban J connectivity index is 3.52. The van der Waals surface area contributed by atoms with E-state index in [1.807, 2.05) is 0 Å². The molecule has 1 fully saturated rings. The highest BCUT2D eigenvalue weighted by molar-refractivity contribution is 6.32. The van der Waals surface area contributed by atoms with Gasteiger partial charge in [0, 0.05) is 0 Å². The smallest absolute Gasteiger partial charge is 0.262 e. The predicted molar refractivity (Wildman–Crippen MR) is 51.2 cm³/mol. The van der Waals surface area contributed by atoms with Gasteiger partial charge in [-0.05, 0) is 23.2 Å². The Hall–Kier alpha value is -0.480. The maximum Gasteiger partial charge on any atom is 0.460 e. The fourth-order valence-electron chi connectivity index (χ4n) is 1.36. The molecular weight excluding hydrogens is 465 g/mol. The van der Waals surface area contributed by atoms with Crippen molar-refractivity contribution in [3.8, 4) is 0 Å². The van der Waals surface area contributed by atoms with Crippen molar-refractivity contribution in [2.45, 2.75) is 46.5 Å². The average molecular weight is 465 g/mol. The molecule has 1 rings (SSSR count). The molecule has 0 aromatic rings. The third-order valence-corrected chi connectivity index (χ3v) is 3.51. The number of alkyl halides is 16. The Morgan fingerprint density at radius 2 is 0.846 bits per heavy atom. The van der Waals surface area contributed by atoms with Gasteiger partial charge in [0.15, 0.2) is 0 Å². The van der Waals surface area contributed by atoms with Crippen LogP contribution in [-0.4, -0.2) is 46.5 Å². The van der Waals surface area contributed by atoms with Gasteiger partial charge in [0.2, 0.25) is 0 Å². The number of rotatable bonds is 4. The van der Waals surface area contributed by atoms with Crippen LogP contribution >= 0.6 is 23.2 Å². The van der Waals surface area contributed by atoms with Crippen molar-refractivity contribution in [1.82, 2.24) is 0 Å². The van der Waals surface area contributed by atoms with Gasteiger partial charge in [-0.3, -0.25) is 9.47 Å². The molecule has 0 N–H and O–H groups in total. The van der Waals surface area contributed by atoms with E-state index in [2.05, 4.69) is 32.7 Å². The van der Waals surface area contributed by atoms with Gasteiger partial charge in [0.25, 0.3) is 0 Å². The van der Waals surface area contributed by atoms with Crippen LogP contribution in [0.15, 0.2) is 0 Å². The fraction of sp³-hybridized carbons (Fsp3) is 1.00. The van der Waals surface area contributed by atoms with Crippen LogP contribution < -0.4 is 0 Å². The molecule has 2 unspecified atom stereocenters. The van der Waals surface area contributed by atoms with Gasteiger partial charge in [-0.1, -0.05) is 0 Å². The molecule has 0 amide bonds. The van der Waals surface area contributed by atoms with Crippen LogP contribution in [0.1, 0.15) is 0 Å². The zero-order chi connectivity index (χ0) is 21.4. The van der Waals surface area contributed by atoms with Crippen LogP contribution in [-0.2, 0) is 9.47 Å². The number of halogens is 16. The molecule has 0 aliphatic carbocycles. The molecule has 0 bridgehead atoms. The first-order chi connectivity index (χ1) is 10.9. The van der Waals surface area contributed by atoms with Crippen LogP contribution in [0.2, 0.25) is 0 Å². The summed E-state index contributed by atoms with van der Waals surface area (Å²) in [5, 5.41) is -10.2. The second kappa shape index (κ2) is 5.53. The molecule has 156 valence electrons. The van der Waals surface area contributed by atoms with Crippen molar-refractivity contribution in [2.24, 2.45) is 0 Å². The monoisotopic (exact) mass is 464 g/mol. The molecule has 1 aliphatic rings. The molecule has 18 heteroatoms. The van der Waals surface area contributed by atoms with Crippen LogP contribution in [0.5, 0.6) is 0 Å². The fourth-order valence-corrected chi connectivity index (χ4v) is 1.63. The van der Waals surface area contributed by atoms with Gasteiger partial charge in [-0.25, -0.2) is 0 Å². The second-order valence-corrected chi connectivity index (χ2v) is 5.54. The Morgan fingerprint density at radius 3 is 1.12 bits per heavy atom. The summed E-state index contributed by atoms with van der Waals surface area (Å²) in [4.78, 5) is 0. The molecule has 26 heavy (non-hydrogen) atoms. The van der Waals surface area contributed by atoms with Crippen LogP contribution in [0.3, 0.4) is 0 Å². The molecule has 0 aromatic heterocycles. The van der Waals surface area contributed by atoms with Crippen molar-refractivity contribution < 1.29 is 70.9 Å². The summed E-state index contributed by atoms with van der Waals surface area (Å²) in [5.74, 6) is -31.6. The van der Waals surface area contributed by atoms with Gasteiger partial charge in [-0.2, -0.15) is 61.5 Å². The minimum absolute atomic E-state index is 2.51. The number of ether oxygens (including phenoxy) is 2. The van der Waals surface area contributed by atoms with Gasteiger partial charge >= 0.3 is 46.5 Å². The van der Waals surface area contributed by atoms with Crippen LogP contribution in [0.25, 0.3) is 0 Å². The molecule has 1 aliphatic heterocycles. The largest absolute Gasteiger partial charge is 0.460 e. The highest BCUT2D eigenvalue weighted by Crippen LogP contribution is 2.64. The molecule has 1 heterocycles.